The summed E-state index contributed by atoms with van der Waals surface area (Å²) in [5.41, 5.74) is 1.33. The van der Waals surface area contributed by atoms with Gasteiger partial charge in [-0.1, -0.05) is 56.7 Å². The SMILES string of the molecule is C=C(c1ccccc1)[C@@H]([C@@H](CCO)CCCC)[N+](=O)[O-]. The molecule has 0 amide bonds. The normalized spacial score (nSPS) is 13.7. The van der Waals surface area contributed by atoms with Crippen LogP contribution in [0.5, 0.6) is 0 Å². The molecule has 0 aliphatic rings. The number of rotatable bonds is 9. The van der Waals surface area contributed by atoms with Gasteiger partial charge in [-0.15, -0.1) is 0 Å². The van der Waals surface area contributed by atoms with Crippen LogP contribution in [0.25, 0.3) is 5.57 Å². The fourth-order valence-corrected chi connectivity index (χ4v) is 2.50. The second-order valence-corrected chi connectivity index (χ2v) is 5.04. The Balaban J connectivity index is 2.95. The van der Waals surface area contributed by atoms with Gasteiger partial charge in [-0.3, -0.25) is 10.1 Å². The zero-order valence-electron chi connectivity index (χ0n) is 12.0. The smallest absolute Gasteiger partial charge is 0.240 e. The molecule has 1 N–H and O–H groups in total. The summed E-state index contributed by atoms with van der Waals surface area (Å²) in [5, 5.41) is 20.6. The third kappa shape index (κ3) is 4.46. The van der Waals surface area contributed by atoms with Crippen LogP contribution in [0.1, 0.15) is 38.2 Å². The molecule has 0 radical (unpaired) electrons. The lowest BCUT2D eigenvalue weighted by molar-refractivity contribution is -0.515. The van der Waals surface area contributed by atoms with Crippen molar-refractivity contribution in [1.82, 2.24) is 0 Å². The van der Waals surface area contributed by atoms with Crippen LogP contribution in [0.2, 0.25) is 0 Å². The minimum Gasteiger partial charge on any atom is -0.396 e. The average Bonchev–Trinajstić information content (AvgIpc) is 2.45. The van der Waals surface area contributed by atoms with Crippen LogP contribution >= 0.6 is 0 Å². The van der Waals surface area contributed by atoms with Crippen molar-refractivity contribution in [2.45, 2.75) is 38.6 Å². The molecule has 4 heteroatoms. The summed E-state index contributed by atoms with van der Waals surface area (Å²) in [7, 11) is 0. The number of hydrogen-bond donors (Lipinski definition) is 1. The van der Waals surface area contributed by atoms with Crippen LogP contribution in [0.3, 0.4) is 0 Å². The lowest BCUT2D eigenvalue weighted by Crippen LogP contribution is -2.31. The van der Waals surface area contributed by atoms with Gasteiger partial charge in [0.1, 0.15) is 0 Å². The lowest BCUT2D eigenvalue weighted by Gasteiger charge is -2.22. The number of aliphatic hydroxyl groups excluding tert-OH is 1. The Bertz CT molecular complexity index is 431. The highest BCUT2D eigenvalue weighted by Gasteiger charge is 2.33. The van der Waals surface area contributed by atoms with E-state index in [1.54, 1.807) is 0 Å². The molecule has 0 fully saturated rings. The molecule has 0 saturated carbocycles. The first-order valence-corrected chi connectivity index (χ1v) is 7.10. The van der Waals surface area contributed by atoms with E-state index in [2.05, 4.69) is 13.5 Å². The largest absolute Gasteiger partial charge is 0.396 e. The summed E-state index contributed by atoms with van der Waals surface area (Å²) >= 11 is 0. The number of benzene rings is 1. The van der Waals surface area contributed by atoms with E-state index in [-0.39, 0.29) is 17.4 Å². The Morgan fingerprint density at radius 1 is 1.35 bits per heavy atom. The fraction of sp³-hybridized carbons (Fsp3) is 0.500. The van der Waals surface area contributed by atoms with Crippen LogP contribution < -0.4 is 0 Å². The molecule has 0 heterocycles. The summed E-state index contributed by atoms with van der Waals surface area (Å²) in [4.78, 5) is 11.2. The van der Waals surface area contributed by atoms with Gasteiger partial charge in [-0.05, 0) is 18.4 Å². The summed E-state index contributed by atoms with van der Waals surface area (Å²) in [5.74, 6) is -0.164. The maximum Gasteiger partial charge on any atom is 0.240 e. The highest BCUT2D eigenvalue weighted by molar-refractivity contribution is 5.66. The summed E-state index contributed by atoms with van der Waals surface area (Å²) in [6, 6.07) is 8.44. The molecule has 20 heavy (non-hydrogen) atoms. The van der Waals surface area contributed by atoms with Crippen molar-refractivity contribution >= 4 is 5.57 Å². The Hall–Kier alpha value is -1.68. The van der Waals surface area contributed by atoms with Crippen molar-refractivity contribution in [2.75, 3.05) is 6.61 Å². The van der Waals surface area contributed by atoms with Gasteiger partial charge >= 0.3 is 0 Å². The Kier molecular flexibility index (Phi) is 6.94. The number of aliphatic hydroxyl groups is 1. The highest BCUT2D eigenvalue weighted by atomic mass is 16.6. The fourth-order valence-electron chi connectivity index (χ4n) is 2.50. The molecule has 0 spiro atoms. The predicted octanol–water partition coefficient (Wildman–Crippen LogP) is 3.53. The topological polar surface area (TPSA) is 63.4 Å². The van der Waals surface area contributed by atoms with E-state index in [4.69, 9.17) is 5.11 Å². The maximum atomic E-state index is 11.5. The first-order valence-electron chi connectivity index (χ1n) is 7.10. The average molecular weight is 277 g/mol. The van der Waals surface area contributed by atoms with Crippen LogP contribution in [-0.4, -0.2) is 22.7 Å². The molecular formula is C16H23NO3. The predicted molar refractivity (Wildman–Crippen MR) is 81.0 cm³/mol. The molecule has 2 atom stereocenters. The molecule has 110 valence electrons. The standard InChI is InChI=1S/C16H23NO3/c1-3-4-8-15(11-12-18)16(17(19)20)13(2)14-9-6-5-7-10-14/h5-7,9-10,15-16,18H,2-4,8,11-12H2,1H3/t15-,16+/m1/s1. The molecule has 1 aromatic rings. The van der Waals surface area contributed by atoms with Gasteiger partial charge in [0, 0.05) is 23.0 Å². The van der Waals surface area contributed by atoms with Crippen molar-refractivity contribution < 1.29 is 10.0 Å². The quantitative estimate of drug-likeness (QED) is 0.554. The van der Waals surface area contributed by atoms with Crippen LogP contribution in [0.15, 0.2) is 36.9 Å². The van der Waals surface area contributed by atoms with Gasteiger partial charge in [-0.25, -0.2) is 0 Å². The van der Waals surface area contributed by atoms with Gasteiger partial charge in [0.25, 0.3) is 0 Å². The third-order valence-corrected chi connectivity index (χ3v) is 3.60. The minimum atomic E-state index is -0.823. The maximum absolute atomic E-state index is 11.5. The number of hydrogen-bond acceptors (Lipinski definition) is 3. The monoisotopic (exact) mass is 277 g/mol. The van der Waals surface area contributed by atoms with Crippen molar-refractivity contribution in [3.8, 4) is 0 Å². The van der Waals surface area contributed by atoms with Gasteiger partial charge in [0.2, 0.25) is 6.04 Å². The molecule has 4 nitrogen and oxygen atoms in total. The van der Waals surface area contributed by atoms with E-state index in [0.717, 1.165) is 24.8 Å². The van der Waals surface area contributed by atoms with Crippen molar-refractivity contribution in [2.24, 2.45) is 5.92 Å². The number of nitro groups is 1. The van der Waals surface area contributed by atoms with E-state index in [9.17, 15) is 10.1 Å². The van der Waals surface area contributed by atoms with Crippen LogP contribution in [0.4, 0.5) is 0 Å². The highest BCUT2D eigenvalue weighted by Crippen LogP contribution is 2.29. The number of unbranched alkanes of at least 4 members (excludes halogenated alkanes) is 1. The van der Waals surface area contributed by atoms with Crippen molar-refractivity contribution in [1.29, 1.82) is 0 Å². The van der Waals surface area contributed by atoms with E-state index >= 15 is 0 Å². The van der Waals surface area contributed by atoms with E-state index in [0.29, 0.717) is 12.0 Å². The summed E-state index contributed by atoms with van der Waals surface area (Å²) in [6.45, 7) is 5.97. The molecular weight excluding hydrogens is 254 g/mol. The van der Waals surface area contributed by atoms with Gasteiger partial charge in [-0.2, -0.15) is 0 Å². The Morgan fingerprint density at radius 3 is 2.50 bits per heavy atom. The Morgan fingerprint density at radius 2 is 2.00 bits per heavy atom. The van der Waals surface area contributed by atoms with Crippen molar-refractivity contribution in [3.63, 3.8) is 0 Å². The Labute approximate surface area is 120 Å². The third-order valence-electron chi connectivity index (χ3n) is 3.60. The molecule has 1 aromatic carbocycles. The second kappa shape index (κ2) is 8.48. The number of nitrogens with zero attached hydrogens (tertiary/aromatic N) is 1. The molecule has 0 aromatic heterocycles. The van der Waals surface area contributed by atoms with Crippen LogP contribution in [-0.2, 0) is 0 Å². The first kappa shape index (κ1) is 16.4. The van der Waals surface area contributed by atoms with Crippen molar-refractivity contribution in [3.05, 3.63) is 52.6 Å². The zero-order chi connectivity index (χ0) is 15.0. The van der Waals surface area contributed by atoms with Crippen LogP contribution in [0, 0.1) is 16.0 Å². The van der Waals surface area contributed by atoms with Gasteiger partial charge < -0.3 is 5.11 Å². The molecule has 0 aliphatic carbocycles. The van der Waals surface area contributed by atoms with Gasteiger partial charge in [0.05, 0.1) is 0 Å². The second-order valence-electron chi connectivity index (χ2n) is 5.04. The van der Waals surface area contributed by atoms with E-state index in [1.165, 1.54) is 0 Å². The molecule has 0 aliphatic heterocycles. The van der Waals surface area contributed by atoms with E-state index < -0.39 is 6.04 Å². The minimum absolute atomic E-state index is 0.0270. The first-order chi connectivity index (χ1) is 9.61. The summed E-state index contributed by atoms with van der Waals surface area (Å²) < 4.78 is 0. The zero-order valence-corrected chi connectivity index (χ0v) is 12.0. The molecule has 1 rings (SSSR count). The van der Waals surface area contributed by atoms with E-state index in [1.807, 2.05) is 30.3 Å². The molecule has 0 bridgehead atoms. The molecule has 0 saturated heterocycles. The molecule has 0 unspecified atom stereocenters. The lowest BCUT2D eigenvalue weighted by atomic mass is 9.85. The van der Waals surface area contributed by atoms with Gasteiger partial charge in [0.15, 0.2) is 0 Å². The summed E-state index contributed by atoms with van der Waals surface area (Å²) in [6.07, 6.45) is 3.10.